The molecule has 0 fully saturated rings. The van der Waals surface area contributed by atoms with Gasteiger partial charge in [0, 0.05) is 5.75 Å². The Balaban J connectivity index is 2.60. The molecule has 0 aliphatic rings. The summed E-state index contributed by atoms with van der Waals surface area (Å²) < 4.78 is 50.5. The van der Waals surface area contributed by atoms with Gasteiger partial charge in [0.25, 0.3) is 0 Å². The summed E-state index contributed by atoms with van der Waals surface area (Å²) in [6.45, 7) is 1.64. The summed E-state index contributed by atoms with van der Waals surface area (Å²) >= 11 is 11.7. The van der Waals surface area contributed by atoms with E-state index in [9.17, 15) is 22.6 Å². The van der Waals surface area contributed by atoms with E-state index < -0.39 is 32.6 Å². The largest absolute Gasteiger partial charge is 0.416 e. The van der Waals surface area contributed by atoms with Crippen LogP contribution in [0.25, 0.3) is 0 Å². The first-order valence-corrected chi connectivity index (χ1v) is 8.95. The lowest BCUT2D eigenvalue weighted by Gasteiger charge is -2.11. The topological polar surface area (TPSA) is 116 Å². The lowest BCUT2D eigenvalue weighted by molar-refractivity contribution is -0.137. The van der Waals surface area contributed by atoms with Gasteiger partial charge in [-0.1, -0.05) is 30.1 Å². The van der Waals surface area contributed by atoms with Crippen LogP contribution in [0.1, 0.15) is 18.2 Å². The van der Waals surface area contributed by atoms with Gasteiger partial charge >= 0.3 is 6.18 Å². The molecule has 0 aliphatic heterocycles. The van der Waals surface area contributed by atoms with E-state index in [1.54, 1.807) is 12.4 Å². The summed E-state index contributed by atoms with van der Waals surface area (Å²) in [7, 11) is -1.55. The van der Waals surface area contributed by atoms with E-state index in [0.29, 0.717) is 12.1 Å². The summed E-state index contributed by atoms with van der Waals surface area (Å²) in [5.41, 5.74) is 6.10. The number of benzene rings is 1. The van der Waals surface area contributed by atoms with Crippen molar-refractivity contribution < 1.29 is 22.6 Å². The predicted octanol–water partition coefficient (Wildman–Crippen LogP) is 3.50. The van der Waals surface area contributed by atoms with Gasteiger partial charge in [-0.25, -0.2) is 4.99 Å². The number of rotatable bonds is 4. The van der Waals surface area contributed by atoms with Crippen molar-refractivity contribution in [1.29, 1.82) is 0 Å². The zero-order chi connectivity index (χ0) is 19.6. The van der Waals surface area contributed by atoms with E-state index in [-0.39, 0.29) is 33.7 Å². The van der Waals surface area contributed by atoms with Crippen molar-refractivity contribution >= 4 is 51.3 Å². The maximum absolute atomic E-state index is 12.8. The average molecular weight is 430 g/mol. The van der Waals surface area contributed by atoms with Crippen molar-refractivity contribution in [3.8, 4) is 0 Å². The number of amidine groups is 1. The van der Waals surface area contributed by atoms with Crippen LogP contribution in [-0.2, 0) is 17.0 Å². The number of hydroxylamine groups is 1. The Bertz CT molecular complexity index is 862. The van der Waals surface area contributed by atoms with Gasteiger partial charge in [0.1, 0.15) is 16.3 Å². The minimum Gasteiger partial charge on any atom is -0.381 e. The van der Waals surface area contributed by atoms with Crippen LogP contribution in [0, 0.1) is 0 Å². The molecule has 1 atom stereocenters. The number of aromatic nitrogens is 2. The van der Waals surface area contributed by atoms with Crippen molar-refractivity contribution in [1.82, 2.24) is 15.7 Å². The summed E-state index contributed by atoms with van der Waals surface area (Å²) in [4.78, 5) is 4.00. The average Bonchev–Trinajstić information content (AvgIpc) is 2.94. The van der Waals surface area contributed by atoms with Crippen LogP contribution < -0.4 is 11.2 Å². The quantitative estimate of drug-likeness (QED) is 0.337. The number of aliphatic imine (C=N–C) groups is 1. The van der Waals surface area contributed by atoms with Gasteiger partial charge in [-0.05, 0) is 12.1 Å². The molecule has 13 heteroatoms. The van der Waals surface area contributed by atoms with Crippen molar-refractivity contribution in [3.05, 3.63) is 33.4 Å². The normalized spacial score (nSPS) is 13.7. The van der Waals surface area contributed by atoms with E-state index >= 15 is 0 Å². The molecule has 2 rings (SSSR count). The number of nitrogen functional groups attached to an aromatic ring is 1. The maximum Gasteiger partial charge on any atom is 0.416 e. The third-order valence-electron chi connectivity index (χ3n) is 3.15. The Kier molecular flexibility index (Phi) is 6.17. The highest BCUT2D eigenvalue weighted by atomic mass is 35.5. The molecule has 0 saturated heterocycles. The van der Waals surface area contributed by atoms with E-state index in [1.807, 2.05) is 0 Å². The van der Waals surface area contributed by atoms with Gasteiger partial charge in [-0.15, -0.1) is 0 Å². The van der Waals surface area contributed by atoms with Gasteiger partial charge < -0.3 is 5.73 Å². The van der Waals surface area contributed by atoms with Crippen LogP contribution in [0.4, 0.5) is 24.7 Å². The first-order chi connectivity index (χ1) is 12.1. The number of hydrogen-bond donors (Lipinski definition) is 4. The molecule has 142 valence electrons. The Morgan fingerprint density at radius 2 is 2.00 bits per heavy atom. The second-order valence-electron chi connectivity index (χ2n) is 4.81. The van der Waals surface area contributed by atoms with Gasteiger partial charge in [-0.2, -0.15) is 18.3 Å². The summed E-state index contributed by atoms with van der Waals surface area (Å²) in [6.07, 6.45) is -4.64. The first-order valence-electron chi connectivity index (χ1n) is 6.87. The molecule has 26 heavy (non-hydrogen) atoms. The molecule has 1 heterocycles. The third kappa shape index (κ3) is 4.11. The lowest BCUT2D eigenvalue weighted by Crippen LogP contribution is -2.22. The molecule has 7 nitrogen and oxygen atoms in total. The van der Waals surface area contributed by atoms with Gasteiger partial charge in [0.2, 0.25) is 0 Å². The Morgan fingerprint density at radius 1 is 1.42 bits per heavy atom. The Labute approximate surface area is 157 Å². The number of H-pyrrole nitrogens is 1. The highest BCUT2D eigenvalue weighted by molar-refractivity contribution is 7.85. The molecule has 0 amide bonds. The Hall–Kier alpha value is -1.82. The number of aromatic amines is 1. The lowest BCUT2D eigenvalue weighted by atomic mass is 10.2. The summed E-state index contributed by atoms with van der Waals surface area (Å²) in [5, 5.41) is 14.7. The number of hydrogen-bond acceptors (Lipinski definition) is 5. The zero-order valence-corrected chi connectivity index (χ0v) is 15.3. The number of nitrogens with two attached hydrogens (primary N) is 1. The third-order valence-corrected chi connectivity index (χ3v) is 5.12. The minimum absolute atomic E-state index is 0.0165. The van der Waals surface area contributed by atoms with E-state index in [1.165, 1.54) is 0 Å². The highest BCUT2D eigenvalue weighted by Gasteiger charge is 2.32. The molecule has 2 aromatic rings. The van der Waals surface area contributed by atoms with Crippen molar-refractivity contribution in [2.24, 2.45) is 4.99 Å². The van der Waals surface area contributed by atoms with Crippen molar-refractivity contribution in [2.75, 3.05) is 11.5 Å². The van der Waals surface area contributed by atoms with Crippen LogP contribution in [0.2, 0.25) is 10.0 Å². The van der Waals surface area contributed by atoms with Crippen LogP contribution in [0.5, 0.6) is 0 Å². The molecule has 0 spiro atoms. The first kappa shape index (κ1) is 20.5. The summed E-state index contributed by atoms with van der Waals surface area (Å²) in [5.74, 6) is -0.195. The van der Waals surface area contributed by atoms with Gasteiger partial charge in [0.15, 0.2) is 11.7 Å². The van der Waals surface area contributed by atoms with E-state index in [2.05, 4.69) is 15.2 Å². The SMILES string of the molecule is CCS(=O)c1c(N)n[nH]c1C(=Nc1c(Cl)cc(C(F)(F)F)cc1Cl)NO. The second-order valence-corrected chi connectivity index (χ2v) is 7.30. The molecule has 0 aliphatic carbocycles. The summed E-state index contributed by atoms with van der Waals surface area (Å²) in [6, 6.07) is 1.29. The fraction of sp³-hybridized carbons (Fsp3) is 0.231. The van der Waals surface area contributed by atoms with Gasteiger partial charge in [-0.3, -0.25) is 20.0 Å². The smallest absolute Gasteiger partial charge is 0.381 e. The van der Waals surface area contributed by atoms with Crippen LogP contribution >= 0.6 is 23.2 Å². The van der Waals surface area contributed by atoms with Crippen molar-refractivity contribution in [2.45, 2.75) is 18.0 Å². The number of halogens is 5. The van der Waals surface area contributed by atoms with Crippen LogP contribution in [0.15, 0.2) is 22.0 Å². The van der Waals surface area contributed by atoms with E-state index in [0.717, 1.165) is 0 Å². The molecule has 5 N–H and O–H groups in total. The number of alkyl halides is 3. The van der Waals surface area contributed by atoms with Crippen molar-refractivity contribution in [3.63, 3.8) is 0 Å². The maximum atomic E-state index is 12.8. The molecule has 1 unspecified atom stereocenters. The van der Waals surface area contributed by atoms with Gasteiger partial charge in [0.05, 0.1) is 26.4 Å². The number of anilines is 1. The molecular weight excluding hydrogens is 418 g/mol. The molecule has 0 saturated carbocycles. The molecular formula is C13H12Cl2F3N5O2S. The van der Waals surface area contributed by atoms with Crippen LogP contribution in [-0.4, -0.2) is 31.2 Å². The number of nitrogens with one attached hydrogen (secondary N) is 2. The minimum atomic E-state index is -4.64. The molecule has 1 aromatic heterocycles. The standard InChI is InChI=1S/C13H12Cl2F3N5O2S/c1-2-26(25)10-9(21-22-11(10)19)12(23-24)20-8-6(14)3-5(4-7(8)15)13(16,17)18/h3-4,24H,2H2,1H3,(H,20,23)(H3,19,21,22). The predicted molar refractivity (Wildman–Crippen MR) is 92.5 cm³/mol. The molecule has 0 radical (unpaired) electrons. The fourth-order valence-corrected chi connectivity index (χ4v) is 3.47. The number of nitrogens with zero attached hydrogens (tertiary/aromatic N) is 2. The Morgan fingerprint density at radius 3 is 2.46 bits per heavy atom. The molecule has 0 bridgehead atoms. The second kappa shape index (κ2) is 7.82. The highest BCUT2D eigenvalue weighted by Crippen LogP contribution is 2.40. The zero-order valence-electron chi connectivity index (χ0n) is 13.0. The molecule has 1 aromatic carbocycles. The fourth-order valence-electron chi connectivity index (χ4n) is 1.97. The van der Waals surface area contributed by atoms with E-state index in [4.69, 9.17) is 28.9 Å². The van der Waals surface area contributed by atoms with Crippen LogP contribution in [0.3, 0.4) is 0 Å². The monoisotopic (exact) mass is 429 g/mol.